The summed E-state index contributed by atoms with van der Waals surface area (Å²) in [6.07, 6.45) is 4.98. The molecule has 3 heterocycles. The molecule has 140 valence electrons. The first kappa shape index (κ1) is 17.0. The summed E-state index contributed by atoms with van der Waals surface area (Å²) in [7, 11) is 5.70. The fourth-order valence-corrected chi connectivity index (χ4v) is 3.26. The van der Waals surface area contributed by atoms with Gasteiger partial charge in [0.1, 0.15) is 18.0 Å². The Morgan fingerprint density at radius 1 is 1.31 bits per heavy atom. The summed E-state index contributed by atoms with van der Waals surface area (Å²) < 4.78 is 11.3. The predicted octanol–water partition coefficient (Wildman–Crippen LogP) is 1.51. The lowest BCUT2D eigenvalue weighted by molar-refractivity contribution is 0.118. The Morgan fingerprint density at radius 3 is 2.88 bits per heavy atom. The van der Waals surface area contributed by atoms with Gasteiger partial charge in [0.15, 0.2) is 0 Å². The van der Waals surface area contributed by atoms with Crippen LogP contribution in [0.15, 0.2) is 16.8 Å². The number of ether oxygens (including phenoxy) is 1. The summed E-state index contributed by atoms with van der Waals surface area (Å²) in [5.74, 6) is 2.99. The molecular weight excluding hydrogens is 334 g/mol. The quantitative estimate of drug-likeness (QED) is 0.789. The molecule has 2 atom stereocenters. The van der Waals surface area contributed by atoms with Gasteiger partial charge in [-0.2, -0.15) is 0 Å². The number of methoxy groups -OCH3 is 1. The van der Waals surface area contributed by atoms with Gasteiger partial charge in [-0.1, -0.05) is 5.10 Å². The van der Waals surface area contributed by atoms with Crippen LogP contribution in [0.25, 0.3) is 0 Å². The summed E-state index contributed by atoms with van der Waals surface area (Å²) >= 11 is 0. The van der Waals surface area contributed by atoms with Crippen molar-refractivity contribution in [3.63, 3.8) is 0 Å². The lowest BCUT2D eigenvalue weighted by Crippen LogP contribution is -2.36. The third kappa shape index (κ3) is 3.57. The summed E-state index contributed by atoms with van der Waals surface area (Å²) in [5, 5.41) is 11.5. The van der Waals surface area contributed by atoms with Gasteiger partial charge in [-0.25, -0.2) is 9.97 Å². The molecule has 26 heavy (non-hydrogen) atoms. The van der Waals surface area contributed by atoms with Crippen molar-refractivity contribution in [2.75, 3.05) is 49.4 Å². The molecular formula is C17H25N7O2. The van der Waals surface area contributed by atoms with Crippen LogP contribution in [-0.4, -0.2) is 66.6 Å². The molecule has 0 bridgehead atoms. The summed E-state index contributed by atoms with van der Waals surface area (Å²) in [5.41, 5.74) is 0. The Morgan fingerprint density at radius 2 is 2.15 bits per heavy atom. The third-order valence-corrected chi connectivity index (χ3v) is 4.96. The Labute approximate surface area is 152 Å². The van der Waals surface area contributed by atoms with Crippen LogP contribution in [0.2, 0.25) is 0 Å². The first-order valence-electron chi connectivity index (χ1n) is 9.00. The van der Waals surface area contributed by atoms with Gasteiger partial charge in [0.25, 0.3) is 0 Å². The highest BCUT2D eigenvalue weighted by atomic mass is 16.5. The number of nitrogens with one attached hydrogen (secondary N) is 1. The predicted molar refractivity (Wildman–Crippen MR) is 97.7 cm³/mol. The molecule has 2 aliphatic rings. The topological polar surface area (TPSA) is 92.4 Å². The molecule has 9 heteroatoms. The fourth-order valence-electron chi connectivity index (χ4n) is 3.26. The molecule has 0 aromatic carbocycles. The van der Waals surface area contributed by atoms with Gasteiger partial charge >= 0.3 is 6.01 Å². The second kappa shape index (κ2) is 7.06. The lowest BCUT2D eigenvalue weighted by atomic mass is 10.2. The summed E-state index contributed by atoms with van der Waals surface area (Å²) in [6, 6.07) is 2.72. The smallest absolute Gasteiger partial charge is 0.315 e. The molecule has 2 fully saturated rings. The van der Waals surface area contributed by atoms with Crippen molar-refractivity contribution in [2.45, 2.75) is 37.3 Å². The van der Waals surface area contributed by atoms with Crippen LogP contribution in [-0.2, 0) is 4.74 Å². The van der Waals surface area contributed by atoms with Crippen LogP contribution >= 0.6 is 0 Å². The summed E-state index contributed by atoms with van der Waals surface area (Å²) in [4.78, 5) is 13.0. The van der Waals surface area contributed by atoms with Crippen LogP contribution in [0, 0.1) is 0 Å². The van der Waals surface area contributed by atoms with Gasteiger partial charge < -0.3 is 24.3 Å². The maximum absolute atomic E-state index is 5.70. The third-order valence-electron chi connectivity index (χ3n) is 4.96. The molecule has 2 aromatic heterocycles. The zero-order chi connectivity index (χ0) is 18.1. The molecule has 0 unspecified atom stereocenters. The van der Waals surface area contributed by atoms with E-state index in [1.54, 1.807) is 13.4 Å². The number of aromatic nitrogens is 4. The van der Waals surface area contributed by atoms with E-state index in [1.165, 1.54) is 0 Å². The van der Waals surface area contributed by atoms with Crippen molar-refractivity contribution >= 4 is 17.7 Å². The van der Waals surface area contributed by atoms with Gasteiger partial charge in [0.05, 0.1) is 12.1 Å². The molecule has 1 saturated heterocycles. The molecule has 0 amide bonds. The number of hydrogen-bond donors (Lipinski definition) is 1. The summed E-state index contributed by atoms with van der Waals surface area (Å²) in [6.45, 7) is 1.48. The second-order valence-corrected chi connectivity index (χ2v) is 7.13. The Balaban J connectivity index is 1.46. The highest BCUT2D eigenvalue weighted by Gasteiger charge is 2.34. The van der Waals surface area contributed by atoms with E-state index in [0.717, 1.165) is 43.3 Å². The normalized spacial score (nSPS) is 22.7. The van der Waals surface area contributed by atoms with Gasteiger partial charge in [-0.3, -0.25) is 0 Å². The molecule has 4 rings (SSSR count). The molecule has 1 aliphatic heterocycles. The molecule has 0 radical (unpaired) electrons. The molecule has 1 saturated carbocycles. The molecule has 9 nitrogen and oxygen atoms in total. The maximum atomic E-state index is 5.70. The number of hydrogen-bond acceptors (Lipinski definition) is 9. The van der Waals surface area contributed by atoms with Gasteiger partial charge in [0, 0.05) is 46.3 Å². The van der Waals surface area contributed by atoms with E-state index in [2.05, 4.69) is 30.4 Å². The van der Waals surface area contributed by atoms with Crippen molar-refractivity contribution in [1.82, 2.24) is 20.2 Å². The number of rotatable bonds is 7. The van der Waals surface area contributed by atoms with E-state index >= 15 is 0 Å². The van der Waals surface area contributed by atoms with Crippen LogP contribution in [0.5, 0.6) is 0 Å². The lowest BCUT2D eigenvalue weighted by Gasteiger charge is -2.26. The Kier molecular flexibility index (Phi) is 4.62. The van der Waals surface area contributed by atoms with Crippen LogP contribution in [0.3, 0.4) is 0 Å². The van der Waals surface area contributed by atoms with Gasteiger partial charge in [-0.15, -0.1) is 5.10 Å². The zero-order valence-corrected chi connectivity index (χ0v) is 15.4. The molecule has 1 N–H and O–H groups in total. The largest absolute Gasteiger partial charge is 0.408 e. The van der Waals surface area contributed by atoms with Crippen LogP contribution in [0.4, 0.5) is 17.7 Å². The van der Waals surface area contributed by atoms with Gasteiger partial charge in [0.2, 0.25) is 5.89 Å². The van der Waals surface area contributed by atoms with Crippen LogP contribution in [0.1, 0.15) is 31.1 Å². The first-order chi connectivity index (χ1) is 12.6. The van der Waals surface area contributed by atoms with E-state index in [0.29, 0.717) is 18.5 Å². The number of anilines is 3. The average molecular weight is 359 g/mol. The molecule has 2 aromatic rings. The molecule has 0 spiro atoms. The Bertz CT molecular complexity index is 746. The average Bonchev–Trinajstić information content (AvgIpc) is 3.25. The van der Waals surface area contributed by atoms with Crippen LogP contribution < -0.4 is 15.1 Å². The Hall–Kier alpha value is -2.42. The zero-order valence-electron chi connectivity index (χ0n) is 15.4. The van der Waals surface area contributed by atoms with Crippen molar-refractivity contribution in [3.8, 4) is 0 Å². The highest BCUT2D eigenvalue weighted by Crippen LogP contribution is 2.39. The second-order valence-electron chi connectivity index (χ2n) is 7.13. The van der Waals surface area contributed by atoms with E-state index in [4.69, 9.17) is 9.15 Å². The van der Waals surface area contributed by atoms with E-state index < -0.39 is 0 Å². The standard InChI is InChI=1S/C17H25N7O2/c1-23(2)14-7-15(20-10-19-14)24-9-13(25-3)6-12(24)8-18-17-22-21-16(26-17)11-4-5-11/h7,10-13H,4-6,8-9H2,1-3H3,(H,18,22)/t12-,13-/m1/s1. The van der Waals surface area contributed by atoms with Crippen molar-refractivity contribution in [2.24, 2.45) is 0 Å². The highest BCUT2D eigenvalue weighted by molar-refractivity contribution is 5.51. The first-order valence-corrected chi connectivity index (χ1v) is 9.00. The monoisotopic (exact) mass is 359 g/mol. The minimum Gasteiger partial charge on any atom is -0.408 e. The maximum Gasteiger partial charge on any atom is 0.315 e. The fraction of sp³-hybridized carbons (Fsp3) is 0.647. The van der Waals surface area contributed by atoms with E-state index in [9.17, 15) is 0 Å². The number of nitrogens with zero attached hydrogens (tertiary/aromatic N) is 6. The van der Waals surface area contributed by atoms with Crippen molar-refractivity contribution < 1.29 is 9.15 Å². The van der Waals surface area contributed by atoms with Crippen molar-refractivity contribution in [1.29, 1.82) is 0 Å². The molecule has 1 aliphatic carbocycles. The van der Waals surface area contributed by atoms with Gasteiger partial charge in [-0.05, 0) is 19.3 Å². The minimum absolute atomic E-state index is 0.171. The minimum atomic E-state index is 0.171. The SMILES string of the molecule is CO[C@@H]1C[C@H](CNc2nnc(C3CC3)o2)N(c2cc(N(C)C)ncn2)C1. The van der Waals surface area contributed by atoms with E-state index in [1.807, 2.05) is 25.1 Å². The van der Waals surface area contributed by atoms with E-state index in [-0.39, 0.29) is 12.1 Å². The van der Waals surface area contributed by atoms with Crippen molar-refractivity contribution in [3.05, 3.63) is 18.3 Å².